The summed E-state index contributed by atoms with van der Waals surface area (Å²) in [6.07, 6.45) is 1.25. The standard InChI is InChI=1S/C5H14N2.C3H8/c1-3-7(2)5-4-6;1-3-2/h3-6H2,1-2H3;3H2,1-2H3. The second-order valence-electron chi connectivity index (χ2n) is 2.39. The fraction of sp³-hybridized carbons (Fsp3) is 1.00. The summed E-state index contributed by atoms with van der Waals surface area (Å²) in [7, 11) is 2.06. The Morgan fingerprint density at radius 2 is 1.60 bits per heavy atom. The van der Waals surface area contributed by atoms with E-state index in [1.807, 2.05) is 0 Å². The molecule has 0 aliphatic rings. The van der Waals surface area contributed by atoms with Crippen molar-refractivity contribution in [3.05, 3.63) is 0 Å². The van der Waals surface area contributed by atoms with Crippen molar-refractivity contribution >= 4 is 0 Å². The topological polar surface area (TPSA) is 29.3 Å². The predicted octanol–water partition coefficient (Wildman–Crippen LogP) is 1.31. The third-order valence-electron chi connectivity index (χ3n) is 1.05. The van der Waals surface area contributed by atoms with Crippen molar-refractivity contribution in [3.63, 3.8) is 0 Å². The molecule has 2 N–H and O–H groups in total. The molecule has 0 aromatic carbocycles. The van der Waals surface area contributed by atoms with Crippen molar-refractivity contribution in [1.29, 1.82) is 0 Å². The van der Waals surface area contributed by atoms with E-state index in [4.69, 9.17) is 5.73 Å². The van der Waals surface area contributed by atoms with Crippen LogP contribution in [0.4, 0.5) is 0 Å². The molecular formula is C8H22N2. The van der Waals surface area contributed by atoms with Crippen molar-refractivity contribution in [2.24, 2.45) is 5.73 Å². The fourth-order valence-electron chi connectivity index (χ4n) is 0.379. The predicted molar refractivity (Wildman–Crippen MR) is 48.2 cm³/mol. The van der Waals surface area contributed by atoms with Crippen LogP contribution in [0.5, 0.6) is 0 Å². The Hall–Kier alpha value is -0.0800. The van der Waals surface area contributed by atoms with Gasteiger partial charge in [0.1, 0.15) is 0 Å². The van der Waals surface area contributed by atoms with Gasteiger partial charge in [0.25, 0.3) is 0 Å². The van der Waals surface area contributed by atoms with E-state index in [9.17, 15) is 0 Å². The van der Waals surface area contributed by atoms with Gasteiger partial charge in [-0.3, -0.25) is 0 Å². The third-order valence-corrected chi connectivity index (χ3v) is 1.05. The molecule has 0 saturated carbocycles. The zero-order chi connectivity index (χ0) is 8.41. The van der Waals surface area contributed by atoms with Crippen molar-refractivity contribution in [1.82, 2.24) is 4.90 Å². The van der Waals surface area contributed by atoms with Gasteiger partial charge in [-0.2, -0.15) is 0 Å². The van der Waals surface area contributed by atoms with Gasteiger partial charge in [-0.05, 0) is 13.6 Å². The lowest BCUT2D eigenvalue weighted by Crippen LogP contribution is -2.24. The summed E-state index contributed by atoms with van der Waals surface area (Å²) in [6, 6.07) is 0. The largest absolute Gasteiger partial charge is 0.329 e. The summed E-state index contributed by atoms with van der Waals surface area (Å²) in [6.45, 7) is 9.24. The summed E-state index contributed by atoms with van der Waals surface area (Å²) >= 11 is 0. The molecule has 0 heterocycles. The van der Waals surface area contributed by atoms with Crippen LogP contribution in [0.15, 0.2) is 0 Å². The zero-order valence-electron chi connectivity index (χ0n) is 7.85. The van der Waals surface area contributed by atoms with Gasteiger partial charge in [-0.15, -0.1) is 0 Å². The van der Waals surface area contributed by atoms with Gasteiger partial charge in [0.05, 0.1) is 0 Å². The van der Waals surface area contributed by atoms with Gasteiger partial charge in [0.2, 0.25) is 0 Å². The Kier molecular flexibility index (Phi) is 14.7. The molecular weight excluding hydrogens is 124 g/mol. The Balaban J connectivity index is 0. The SMILES string of the molecule is CCC.CCN(C)CCN. The lowest BCUT2D eigenvalue weighted by atomic mass is 10.5. The first kappa shape index (κ1) is 12.6. The maximum atomic E-state index is 5.26. The second kappa shape index (κ2) is 11.7. The molecule has 0 aliphatic carbocycles. The minimum atomic E-state index is 0.768. The smallest absolute Gasteiger partial charge is 0.0101 e. The van der Waals surface area contributed by atoms with Crippen molar-refractivity contribution in [3.8, 4) is 0 Å². The lowest BCUT2D eigenvalue weighted by Gasteiger charge is -2.10. The number of nitrogens with two attached hydrogens (primary N) is 1. The van der Waals surface area contributed by atoms with E-state index in [-0.39, 0.29) is 0 Å². The minimum Gasteiger partial charge on any atom is -0.329 e. The van der Waals surface area contributed by atoms with Crippen LogP contribution in [0.1, 0.15) is 27.2 Å². The van der Waals surface area contributed by atoms with Crippen molar-refractivity contribution in [2.45, 2.75) is 27.2 Å². The molecule has 0 radical (unpaired) electrons. The molecule has 10 heavy (non-hydrogen) atoms. The average molecular weight is 146 g/mol. The molecule has 0 amide bonds. The molecule has 0 aliphatic heterocycles. The monoisotopic (exact) mass is 146 g/mol. The molecule has 0 fully saturated rings. The molecule has 0 rings (SSSR count). The molecule has 0 aromatic rings. The minimum absolute atomic E-state index is 0.768. The van der Waals surface area contributed by atoms with Crippen LogP contribution in [0, 0.1) is 0 Å². The Morgan fingerprint density at radius 3 is 1.70 bits per heavy atom. The first-order valence-electron chi connectivity index (χ1n) is 4.11. The number of hydrogen-bond donors (Lipinski definition) is 1. The van der Waals surface area contributed by atoms with Gasteiger partial charge >= 0.3 is 0 Å². The van der Waals surface area contributed by atoms with Gasteiger partial charge in [0.15, 0.2) is 0 Å². The van der Waals surface area contributed by atoms with Gasteiger partial charge in [-0.1, -0.05) is 27.2 Å². The summed E-state index contributed by atoms with van der Waals surface area (Å²) in [5, 5.41) is 0. The van der Waals surface area contributed by atoms with Crippen LogP contribution in [0.25, 0.3) is 0 Å². The van der Waals surface area contributed by atoms with E-state index in [0.29, 0.717) is 0 Å². The highest BCUT2D eigenvalue weighted by atomic mass is 15.1. The van der Waals surface area contributed by atoms with Crippen LogP contribution in [-0.2, 0) is 0 Å². The maximum Gasteiger partial charge on any atom is 0.0101 e. The van der Waals surface area contributed by atoms with Crippen LogP contribution in [0.3, 0.4) is 0 Å². The highest BCUT2D eigenvalue weighted by Crippen LogP contribution is 1.74. The normalized spacial score (nSPS) is 9.00. The molecule has 0 atom stereocenters. The summed E-state index contributed by atoms with van der Waals surface area (Å²) < 4.78 is 0. The van der Waals surface area contributed by atoms with E-state index >= 15 is 0 Å². The van der Waals surface area contributed by atoms with E-state index < -0.39 is 0 Å². The highest BCUT2D eigenvalue weighted by Gasteiger charge is 1.86. The summed E-state index contributed by atoms with van der Waals surface area (Å²) in [5.74, 6) is 0. The molecule has 0 aromatic heterocycles. The van der Waals surface area contributed by atoms with Crippen LogP contribution in [0.2, 0.25) is 0 Å². The molecule has 2 heteroatoms. The van der Waals surface area contributed by atoms with E-state index in [2.05, 4.69) is 32.7 Å². The van der Waals surface area contributed by atoms with Crippen LogP contribution < -0.4 is 5.73 Å². The maximum absolute atomic E-state index is 5.26. The van der Waals surface area contributed by atoms with Gasteiger partial charge in [0, 0.05) is 13.1 Å². The first-order chi connectivity index (χ1) is 4.72. The molecule has 0 unspecified atom stereocenters. The van der Waals surface area contributed by atoms with Crippen molar-refractivity contribution < 1.29 is 0 Å². The summed E-state index contributed by atoms with van der Waals surface area (Å²) in [5.41, 5.74) is 5.26. The van der Waals surface area contributed by atoms with Crippen molar-refractivity contribution in [2.75, 3.05) is 26.7 Å². The number of likely N-dealkylation sites (N-methyl/N-ethyl adjacent to an activating group) is 1. The summed E-state index contributed by atoms with van der Waals surface area (Å²) in [4.78, 5) is 2.18. The number of hydrogen-bond acceptors (Lipinski definition) is 2. The molecule has 0 spiro atoms. The Morgan fingerprint density at radius 1 is 1.20 bits per heavy atom. The second-order valence-corrected chi connectivity index (χ2v) is 2.39. The number of nitrogens with zero attached hydrogens (tertiary/aromatic N) is 1. The highest BCUT2D eigenvalue weighted by molar-refractivity contribution is 4.44. The van der Waals surface area contributed by atoms with Crippen LogP contribution in [-0.4, -0.2) is 31.6 Å². The average Bonchev–Trinajstić information content (AvgIpc) is 1.90. The quantitative estimate of drug-likeness (QED) is 0.650. The lowest BCUT2D eigenvalue weighted by molar-refractivity contribution is 0.363. The molecule has 2 nitrogen and oxygen atoms in total. The van der Waals surface area contributed by atoms with E-state index in [0.717, 1.165) is 19.6 Å². The van der Waals surface area contributed by atoms with E-state index in [1.54, 1.807) is 0 Å². The molecule has 64 valence electrons. The first-order valence-corrected chi connectivity index (χ1v) is 4.11. The van der Waals surface area contributed by atoms with Gasteiger partial charge < -0.3 is 10.6 Å². The van der Waals surface area contributed by atoms with Gasteiger partial charge in [-0.25, -0.2) is 0 Å². The van der Waals surface area contributed by atoms with Crippen LogP contribution >= 0.6 is 0 Å². The molecule has 0 saturated heterocycles. The fourth-order valence-corrected chi connectivity index (χ4v) is 0.379. The Labute approximate surface area is 65.4 Å². The Bertz CT molecular complexity index is 46.5. The van der Waals surface area contributed by atoms with E-state index in [1.165, 1.54) is 6.42 Å². The zero-order valence-corrected chi connectivity index (χ0v) is 7.85. The third kappa shape index (κ3) is 15.7. The number of rotatable bonds is 3. The molecule has 0 bridgehead atoms.